The largest absolute Gasteiger partial charge is 0.462 e. The molecular formula is C23H20N4O2S. The molecule has 0 saturated heterocycles. The van der Waals surface area contributed by atoms with Crippen molar-refractivity contribution in [3.63, 3.8) is 0 Å². The van der Waals surface area contributed by atoms with Crippen molar-refractivity contribution in [2.45, 2.75) is 31.0 Å². The lowest BCUT2D eigenvalue weighted by molar-refractivity contribution is 0.0526. The number of carbonyl (C=O) groups excluding carboxylic acids is 1. The van der Waals surface area contributed by atoms with Gasteiger partial charge in [0.15, 0.2) is 5.16 Å². The molecule has 2 aromatic carbocycles. The Morgan fingerprint density at radius 1 is 0.933 bits per heavy atom. The number of benzene rings is 2. The van der Waals surface area contributed by atoms with Crippen molar-refractivity contribution in [3.05, 3.63) is 71.5 Å². The number of ether oxygens (including phenoxy) is 1. The van der Waals surface area contributed by atoms with Gasteiger partial charge < -0.3 is 4.74 Å². The molecule has 0 aliphatic heterocycles. The molecule has 0 unspecified atom stereocenters. The van der Waals surface area contributed by atoms with E-state index in [1.165, 1.54) is 11.8 Å². The second kappa shape index (κ2) is 8.59. The summed E-state index contributed by atoms with van der Waals surface area (Å²) >= 11 is 1.40. The van der Waals surface area contributed by atoms with E-state index in [0.717, 1.165) is 38.4 Å². The van der Waals surface area contributed by atoms with Gasteiger partial charge in [-0.15, -0.1) is 10.2 Å². The first-order valence-electron chi connectivity index (χ1n) is 9.58. The Kier molecular flexibility index (Phi) is 5.72. The fourth-order valence-corrected chi connectivity index (χ4v) is 4.09. The van der Waals surface area contributed by atoms with E-state index in [9.17, 15) is 4.79 Å². The number of rotatable bonds is 5. The van der Waals surface area contributed by atoms with Gasteiger partial charge in [0.2, 0.25) is 0 Å². The summed E-state index contributed by atoms with van der Waals surface area (Å²) in [5.74, 6) is -0.333. The highest BCUT2D eigenvalue weighted by Crippen LogP contribution is 2.34. The average molecular weight is 417 g/mol. The molecule has 4 rings (SSSR count). The maximum atomic E-state index is 11.9. The summed E-state index contributed by atoms with van der Waals surface area (Å²) in [7, 11) is 0. The van der Waals surface area contributed by atoms with Crippen LogP contribution in [0.1, 0.15) is 28.7 Å². The number of esters is 1. The second-order valence-corrected chi connectivity index (χ2v) is 7.69. The Bertz CT molecular complexity index is 1210. The summed E-state index contributed by atoms with van der Waals surface area (Å²) in [5.41, 5.74) is 3.98. The predicted molar refractivity (Wildman–Crippen MR) is 117 cm³/mol. The zero-order valence-electron chi connectivity index (χ0n) is 16.9. The number of nitrogens with zero attached hydrogens (tertiary/aromatic N) is 4. The molecule has 0 radical (unpaired) electrons. The predicted octanol–water partition coefficient (Wildman–Crippen LogP) is 5.03. The summed E-state index contributed by atoms with van der Waals surface area (Å²) in [5, 5.41) is 12.3. The van der Waals surface area contributed by atoms with Gasteiger partial charge in [0.25, 0.3) is 0 Å². The molecule has 7 heteroatoms. The summed E-state index contributed by atoms with van der Waals surface area (Å²) in [4.78, 5) is 20.9. The zero-order valence-corrected chi connectivity index (χ0v) is 17.7. The zero-order chi connectivity index (χ0) is 21.1. The number of aromatic nitrogens is 4. The Hall–Kier alpha value is -3.32. The lowest BCUT2D eigenvalue weighted by Gasteiger charge is -2.10. The Labute approximate surface area is 178 Å². The molecule has 0 amide bonds. The van der Waals surface area contributed by atoms with E-state index < -0.39 is 0 Å². The average Bonchev–Trinajstić information content (AvgIpc) is 2.74. The summed E-state index contributed by atoms with van der Waals surface area (Å²) in [6.45, 7) is 6.04. The van der Waals surface area contributed by atoms with Crippen LogP contribution in [0.15, 0.2) is 64.8 Å². The minimum Gasteiger partial charge on any atom is -0.462 e. The molecule has 6 nitrogen and oxygen atoms in total. The quantitative estimate of drug-likeness (QED) is 0.333. The molecule has 0 N–H and O–H groups in total. The minimum absolute atomic E-state index is 0.333. The molecule has 150 valence electrons. The molecule has 2 heterocycles. The van der Waals surface area contributed by atoms with E-state index in [0.29, 0.717) is 17.3 Å². The molecule has 0 aliphatic carbocycles. The number of aryl methyl sites for hydroxylation is 2. The molecule has 30 heavy (non-hydrogen) atoms. The molecule has 0 atom stereocenters. The van der Waals surface area contributed by atoms with Crippen LogP contribution in [0.4, 0.5) is 0 Å². The van der Waals surface area contributed by atoms with Crippen LogP contribution >= 0.6 is 11.8 Å². The second-order valence-electron chi connectivity index (χ2n) is 6.73. The first-order valence-corrected chi connectivity index (χ1v) is 10.4. The molecule has 4 aromatic rings. The van der Waals surface area contributed by atoms with Crippen LogP contribution in [-0.4, -0.2) is 32.7 Å². The van der Waals surface area contributed by atoms with E-state index in [4.69, 9.17) is 4.74 Å². The highest BCUT2D eigenvalue weighted by molar-refractivity contribution is 7.99. The van der Waals surface area contributed by atoms with Gasteiger partial charge in [-0.1, -0.05) is 36.4 Å². The van der Waals surface area contributed by atoms with E-state index in [-0.39, 0.29) is 5.97 Å². The number of hydrogen-bond donors (Lipinski definition) is 0. The smallest absolute Gasteiger partial charge is 0.338 e. The van der Waals surface area contributed by atoms with Gasteiger partial charge in [0.1, 0.15) is 10.7 Å². The molecule has 0 fully saturated rings. The third-order valence-corrected chi connectivity index (χ3v) is 5.33. The summed E-state index contributed by atoms with van der Waals surface area (Å²) in [6.07, 6.45) is 0. The van der Waals surface area contributed by atoms with Crippen molar-refractivity contribution in [1.82, 2.24) is 20.2 Å². The van der Waals surface area contributed by atoms with Gasteiger partial charge in [-0.05, 0) is 50.7 Å². The van der Waals surface area contributed by atoms with Gasteiger partial charge in [-0.2, -0.15) is 0 Å². The van der Waals surface area contributed by atoms with Gasteiger partial charge in [0, 0.05) is 27.7 Å². The van der Waals surface area contributed by atoms with Crippen molar-refractivity contribution >= 4 is 28.5 Å². The van der Waals surface area contributed by atoms with Gasteiger partial charge in [-0.25, -0.2) is 14.8 Å². The molecular weight excluding hydrogens is 396 g/mol. The van der Waals surface area contributed by atoms with Crippen molar-refractivity contribution in [1.29, 1.82) is 0 Å². The standard InChI is InChI=1S/C23H20N4O2S/c1-4-29-22(28)17-11-9-16(10-12-17)20-18-7-5-6-8-19(18)21(27-26-20)30-23-24-14(2)13-15(3)25-23/h5-13H,4H2,1-3H3. The monoisotopic (exact) mass is 416 g/mol. The topological polar surface area (TPSA) is 77.9 Å². The van der Waals surface area contributed by atoms with Crippen LogP contribution in [0.2, 0.25) is 0 Å². The molecule has 2 aromatic heterocycles. The summed E-state index contributed by atoms with van der Waals surface area (Å²) < 4.78 is 5.05. The first-order chi connectivity index (χ1) is 14.5. The number of hydrogen-bond acceptors (Lipinski definition) is 7. The highest BCUT2D eigenvalue weighted by Gasteiger charge is 2.14. The van der Waals surface area contributed by atoms with Crippen LogP contribution in [0, 0.1) is 13.8 Å². The van der Waals surface area contributed by atoms with E-state index >= 15 is 0 Å². The van der Waals surface area contributed by atoms with Crippen LogP contribution in [-0.2, 0) is 4.74 Å². The first kappa shape index (κ1) is 20.0. The Morgan fingerprint density at radius 3 is 2.27 bits per heavy atom. The third kappa shape index (κ3) is 4.16. The fourth-order valence-electron chi connectivity index (χ4n) is 3.17. The van der Waals surface area contributed by atoms with Crippen LogP contribution in [0.25, 0.3) is 22.0 Å². The van der Waals surface area contributed by atoms with Crippen molar-refractivity contribution < 1.29 is 9.53 Å². The van der Waals surface area contributed by atoms with Crippen LogP contribution < -0.4 is 0 Å². The van der Waals surface area contributed by atoms with Gasteiger partial charge >= 0.3 is 5.97 Å². The maximum Gasteiger partial charge on any atom is 0.338 e. The molecule has 0 spiro atoms. The van der Waals surface area contributed by atoms with E-state index in [1.54, 1.807) is 19.1 Å². The Balaban J connectivity index is 1.73. The fraction of sp³-hybridized carbons (Fsp3) is 0.174. The van der Waals surface area contributed by atoms with Crippen molar-refractivity contribution in [3.8, 4) is 11.3 Å². The van der Waals surface area contributed by atoms with Gasteiger partial charge in [0.05, 0.1) is 12.2 Å². The molecule has 0 aliphatic rings. The normalized spacial score (nSPS) is 10.9. The van der Waals surface area contributed by atoms with E-state index in [2.05, 4.69) is 20.2 Å². The third-order valence-electron chi connectivity index (χ3n) is 4.47. The lowest BCUT2D eigenvalue weighted by atomic mass is 10.0. The minimum atomic E-state index is -0.333. The molecule has 0 saturated carbocycles. The van der Waals surface area contributed by atoms with Crippen molar-refractivity contribution in [2.75, 3.05) is 6.61 Å². The number of carbonyl (C=O) groups is 1. The van der Waals surface area contributed by atoms with Crippen molar-refractivity contribution in [2.24, 2.45) is 0 Å². The maximum absolute atomic E-state index is 11.9. The summed E-state index contributed by atoms with van der Waals surface area (Å²) in [6, 6.07) is 17.1. The number of fused-ring (bicyclic) bond motifs is 1. The SMILES string of the molecule is CCOC(=O)c1ccc(-c2nnc(Sc3nc(C)cc(C)n3)c3ccccc23)cc1. The highest BCUT2D eigenvalue weighted by atomic mass is 32.2. The van der Waals surface area contributed by atoms with E-state index in [1.807, 2.05) is 56.3 Å². The van der Waals surface area contributed by atoms with Crippen LogP contribution in [0.3, 0.4) is 0 Å². The molecule has 0 bridgehead atoms. The Morgan fingerprint density at radius 2 is 1.60 bits per heavy atom. The van der Waals surface area contributed by atoms with Gasteiger partial charge in [-0.3, -0.25) is 0 Å². The van der Waals surface area contributed by atoms with Crippen LogP contribution in [0.5, 0.6) is 0 Å². The lowest BCUT2D eigenvalue weighted by Crippen LogP contribution is -2.04.